The van der Waals surface area contributed by atoms with Crippen LogP contribution >= 0.6 is 15.9 Å². The Bertz CT molecular complexity index is 1910. The van der Waals surface area contributed by atoms with Gasteiger partial charge in [0.15, 0.2) is 0 Å². The molecular weight excluding hydrogens is 540 g/mol. The van der Waals surface area contributed by atoms with Gasteiger partial charge in [-0.3, -0.25) is 0 Å². The molecular formula is C36H27BrN2. The Balaban J connectivity index is 1.37. The number of allylic oxidation sites excluding steroid dienone is 3. The Morgan fingerprint density at radius 2 is 1.44 bits per heavy atom. The minimum Gasteiger partial charge on any atom is -0.336 e. The lowest BCUT2D eigenvalue weighted by molar-refractivity contribution is 1.16. The average molecular weight is 568 g/mol. The summed E-state index contributed by atoms with van der Waals surface area (Å²) in [5.74, 6) is 0. The van der Waals surface area contributed by atoms with E-state index in [4.69, 9.17) is 0 Å². The van der Waals surface area contributed by atoms with Crippen LogP contribution in [0.25, 0.3) is 38.6 Å². The lowest BCUT2D eigenvalue weighted by Crippen LogP contribution is -2.12. The van der Waals surface area contributed by atoms with Gasteiger partial charge in [0, 0.05) is 44.4 Å². The maximum atomic E-state index is 3.67. The van der Waals surface area contributed by atoms with Crippen LogP contribution in [0.15, 0.2) is 138 Å². The summed E-state index contributed by atoms with van der Waals surface area (Å²) in [7, 11) is 0. The van der Waals surface area contributed by atoms with E-state index in [-0.39, 0.29) is 0 Å². The Hall–Kier alpha value is -4.34. The molecule has 2 nitrogen and oxygen atoms in total. The molecule has 7 rings (SSSR count). The highest BCUT2D eigenvalue weighted by molar-refractivity contribution is 9.10. The fourth-order valence-corrected chi connectivity index (χ4v) is 6.23. The van der Waals surface area contributed by atoms with Crippen LogP contribution in [0.1, 0.15) is 18.1 Å². The fraction of sp³-hybridized carbons (Fsp3) is 0.0556. The van der Waals surface area contributed by atoms with Gasteiger partial charge in [-0.1, -0.05) is 94.8 Å². The van der Waals surface area contributed by atoms with E-state index in [0.29, 0.717) is 0 Å². The SMILES string of the molecule is C/C=C(\C=C1/CN(c2ccccc2)c2ccccc21)c1ccc2c3ccccc3n(-c3cccc(Br)c3)c2c1. The predicted molar refractivity (Wildman–Crippen MR) is 170 cm³/mol. The van der Waals surface area contributed by atoms with E-state index >= 15 is 0 Å². The molecule has 3 heteroatoms. The van der Waals surface area contributed by atoms with Gasteiger partial charge in [-0.15, -0.1) is 0 Å². The van der Waals surface area contributed by atoms with E-state index < -0.39 is 0 Å². The van der Waals surface area contributed by atoms with E-state index in [9.17, 15) is 0 Å². The number of benzene rings is 5. The molecule has 0 unspecified atom stereocenters. The van der Waals surface area contributed by atoms with E-state index in [1.54, 1.807) is 0 Å². The zero-order valence-electron chi connectivity index (χ0n) is 21.7. The summed E-state index contributed by atoms with van der Waals surface area (Å²) in [5.41, 5.74) is 11.1. The summed E-state index contributed by atoms with van der Waals surface area (Å²) in [6.45, 7) is 2.98. The molecule has 0 radical (unpaired) electrons. The van der Waals surface area contributed by atoms with Crippen LogP contribution in [0, 0.1) is 0 Å². The molecule has 0 N–H and O–H groups in total. The van der Waals surface area contributed by atoms with Crippen LogP contribution in [-0.4, -0.2) is 11.1 Å². The lowest BCUT2D eigenvalue weighted by atomic mass is 9.98. The van der Waals surface area contributed by atoms with Crippen molar-refractivity contribution in [3.8, 4) is 5.69 Å². The van der Waals surface area contributed by atoms with Crippen molar-refractivity contribution in [2.24, 2.45) is 0 Å². The van der Waals surface area contributed by atoms with Crippen molar-refractivity contribution in [2.45, 2.75) is 6.92 Å². The second-order valence-electron chi connectivity index (χ2n) is 9.92. The number of anilines is 2. The molecule has 1 aromatic heterocycles. The van der Waals surface area contributed by atoms with Gasteiger partial charge in [-0.2, -0.15) is 0 Å². The molecule has 0 fully saturated rings. The van der Waals surface area contributed by atoms with E-state index in [1.807, 2.05) is 0 Å². The number of nitrogens with zero attached hydrogens (tertiary/aromatic N) is 2. The highest BCUT2D eigenvalue weighted by Crippen LogP contribution is 2.42. The van der Waals surface area contributed by atoms with Crippen molar-refractivity contribution in [3.05, 3.63) is 149 Å². The summed E-state index contributed by atoms with van der Waals surface area (Å²) in [6, 6.07) is 43.5. The van der Waals surface area contributed by atoms with Gasteiger partial charge < -0.3 is 9.47 Å². The fourth-order valence-electron chi connectivity index (χ4n) is 5.85. The number of halogens is 1. The maximum Gasteiger partial charge on any atom is 0.0547 e. The summed E-state index contributed by atoms with van der Waals surface area (Å²) in [5, 5.41) is 2.53. The second-order valence-corrected chi connectivity index (χ2v) is 10.8. The van der Waals surface area contributed by atoms with Gasteiger partial charge >= 0.3 is 0 Å². The van der Waals surface area contributed by atoms with E-state index in [0.717, 1.165) is 16.7 Å². The van der Waals surface area contributed by atoms with Gasteiger partial charge in [0.05, 0.1) is 11.0 Å². The quantitative estimate of drug-likeness (QED) is 0.206. The van der Waals surface area contributed by atoms with Gasteiger partial charge in [-0.25, -0.2) is 0 Å². The van der Waals surface area contributed by atoms with Crippen molar-refractivity contribution in [1.29, 1.82) is 0 Å². The molecule has 0 saturated carbocycles. The number of para-hydroxylation sites is 3. The molecule has 0 amide bonds. The third-order valence-corrected chi connectivity index (χ3v) is 8.14. The van der Waals surface area contributed by atoms with Gasteiger partial charge in [0.2, 0.25) is 0 Å². The van der Waals surface area contributed by atoms with Crippen LogP contribution in [0.3, 0.4) is 0 Å². The Morgan fingerprint density at radius 1 is 0.692 bits per heavy atom. The van der Waals surface area contributed by atoms with Crippen LogP contribution in [0.2, 0.25) is 0 Å². The number of rotatable bonds is 4. The molecule has 0 saturated heterocycles. The smallest absolute Gasteiger partial charge is 0.0547 e. The minimum atomic E-state index is 0.848. The van der Waals surface area contributed by atoms with Crippen LogP contribution in [-0.2, 0) is 0 Å². The van der Waals surface area contributed by atoms with Gasteiger partial charge in [0.25, 0.3) is 0 Å². The molecule has 2 heterocycles. The predicted octanol–water partition coefficient (Wildman–Crippen LogP) is 10.2. The number of fused-ring (bicyclic) bond motifs is 4. The Morgan fingerprint density at radius 3 is 2.28 bits per heavy atom. The molecule has 1 aliphatic rings. The molecule has 0 aliphatic carbocycles. The molecule has 5 aromatic carbocycles. The Kier molecular flexibility index (Phi) is 5.94. The summed E-state index contributed by atoms with van der Waals surface area (Å²) in [4.78, 5) is 2.41. The van der Waals surface area contributed by atoms with Crippen molar-refractivity contribution in [1.82, 2.24) is 4.57 Å². The summed E-state index contributed by atoms with van der Waals surface area (Å²) >= 11 is 3.67. The van der Waals surface area contributed by atoms with E-state index in [2.05, 4.69) is 166 Å². The largest absolute Gasteiger partial charge is 0.336 e. The first kappa shape index (κ1) is 23.8. The first-order valence-electron chi connectivity index (χ1n) is 13.3. The first-order valence-corrected chi connectivity index (χ1v) is 14.1. The zero-order valence-corrected chi connectivity index (χ0v) is 23.3. The standard InChI is InChI=1S/C36H27BrN2/c1-2-25(21-27-24-38(29-12-4-3-5-13-29)34-17-8-6-15-31(27)34)26-19-20-33-32-16-7-9-18-35(32)39(36(33)22-26)30-14-10-11-28(37)23-30/h2-23H,24H2,1H3/b25-2+,27-21+. The van der Waals surface area contributed by atoms with Crippen molar-refractivity contribution >= 4 is 60.3 Å². The van der Waals surface area contributed by atoms with E-state index in [1.165, 1.54) is 55.5 Å². The molecule has 188 valence electrons. The highest BCUT2D eigenvalue weighted by atomic mass is 79.9. The Labute approximate surface area is 237 Å². The van der Waals surface area contributed by atoms with Gasteiger partial charge in [0.1, 0.15) is 0 Å². The summed E-state index contributed by atoms with van der Waals surface area (Å²) in [6.07, 6.45) is 4.60. The molecule has 0 atom stereocenters. The number of aromatic nitrogens is 1. The van der Waals surface area contributed by atoms with Crippen LogP contribution < -0.4 is 4.90 Å². The van der Waals surface area contributed by atoms with Crippen molar-refractivity contribution in [3.63, 3.8) is 0 Å². The second kappa shape index (κ2) is 9.76. The molecule has 1 aliphatic heterocycles. The average Bonchev–Trinajstić information content (AvgIpc) is 3.52. The highest BCUT2D eigenvalue weighted by Gasteiger charge is 2.24. The van der Waals surface area contributed by atoms with Gasteiger partial charge in [-0.05, 0) is 78.2 Å². The zero-order chi connectivity index (χ0) is 26.3. The number of hydrogen-bond donors (Lipinski definition) is 0. The first-order chi connectivity index (χ1) is 19.2. The number of hydrogen-bond acceptors (Lipinski definition) is 1. The molecule has 0 bridgehead atoms. The van der Waals surface area contributed by atoms with Crippen molar-refractivity contribution in [2.75, 3.05) is 11.4 Å². The minimum absolute atomic E-state index is 0.848. The third-order valence-electron chi connectivity index (χ3n) is 7.65. The summed E-state index contributed by atoms with van der Waals surface area (Å²) < 4.78 is 3.45. The lowest BCUT2D eigenvalue weighted by Gasteiger charge is -2.19. The molecule has 0 spiro atoms. The van der Waals surface area contributed by atoms with Crippen LogP contribution in [0.5, 0.6) is 0 Å². The molecule has 6 aromatic rings. The molecule has 39 heavy (non-hydrogen) atoms. The normalized spacial score (nSPS) is 14.5. The topological polar surface area (TPSA) is 8.17 Å². The van der Waals surface area contributed by atoms with Crippen molar-refractivity contribution < 1.29 is 0 Å². The third kappa shape index (κ3) is 4.10. The monoisotopic (exact) mass is 566 g/mol. The maximum absolute atomic E-state index is 3.67. The van der Waals surface area contributed by atoms with Crippen LogP contribution in [0.4, 0.5) is 11.4 Å².